The van der Waals surface area contributed by atoms with Gasteiger partial charge in [-0.15, -0.1) is 0 Å². The van der Waals surface area contributed by atoms with Crippen molar-refractivity contribution in [3.05, 3.63) is 23.3 Å². The van der Waals surface area contributed by atoms with Gasteiger partial charge in [-0.1, -0.05) is 20.3 Å². The summed E-state index contributed by atoms with van der Waals surface area (Å²) < 4.78 is 10.7. The molecule has 0 saturated heterocycles. The molecule has 0 aliphatic carbocycles. The Hall–Kier alpha value is -1.22. The fraction of sp³-hybridized carbons (Fsp3) is 0.600. The predicted octanol–water partition coefficient (Wildman–Crippen LogP) is 3.32. The van der Waals surface area contributed by atoms with Crippen molar-refractivity contribution in [2.24, 2.45) is 5.92 Å². The molecule has 1 aromatic rings. The Morgan fingerprint density at radius 2 is 1.72 bits per heavy atom. The Labute approximate surface area is 110 Å². The van der Waals surface area contributed by atoms with Gasteiger partial charge >= 0.3 is 0 Å². The third-order valence-electron chi connectivity index (χ3n) is 3.63. The number of aryl methyl sites for hydroxylation is 1. The summed E-state index contributed by atoms with van der Waals surface area (Å²) in [5.74, 6) is 2.16. The van der Waals surface area contributed by atoms with Crippen molar-refractivity contribution in [1.82, 2.24) is 5.32 Å². The highest BCUT2D eigenvalue weighted by molar-refractivity contribution is 5.48. The van der Waals surface area contributed by atoms with Crippen LogP contribution >= 0.6 is 0 Å². The van der Waals surface area contributed by atoms with Gasteiger partial charge in [-0.2, -0.15) is 0 Å². The van der Waals surface area contributed by atoms with Gasteiger partial charge in [0.05, 0.1) is 14.2 Å². The zero-order valence-electron chi connectivity index (χ0n) is 12.3. The highest BCUT2D eigenvalue weighted by Gasteiger charge is 2.20. The highest BCUT2D eigenvalue weighted by atomic mass is 16.5. The Balaban J connectivity index is 3.22. The van der Waals surface area contributed by atoms with E-state index < -0.39 is 0 Å². The van der Waals surface area contributed by atoms with E-state index in [0.717, 1.165) is 17.9 Å². The minimum Gasteiger partial charge on any atom is -0.493 e. The Kier molecular flexibility index (Phi) is 5.48. The third-order valence-corrected chi connectivity index (χ3v) is 3.63. The van der Waals surface area contributed by atoms with E-state index >= 15 is 0 Å². The molecule has 18 heavy (non-hydrogen) atoms. The number of rotatable bonds is 6. The maximum absolute atomic E-state index is 5.39. The third kappa shape index (κ3) is 2.96. The summed E-state index contributed by atoms with van der Waals surface area (Å²) in [7, 11) is 5.35. The van der Waals surface area contributed by atoms with Gasteiger partial charge in [0.15, 0.2) is 11.5 Å². The number of hydrogen-bond acceptors (Lipinski definition) is 3. The van der Waals surface area contributed by atoms with Gasteiger partial charge in [0.25, 0.3) is 0 Å². The average molecular weight is 251 g/mol. The molecule has 0 aliphatic heterocycles. The van der Waals surface area contributed by atoms with Gasteiger partial charge in [0, 0.05) is 6.04 Å². The maximum atomic E-state index is 5.39. The van der Waals surface area contributed by atoms with E-state index in [1.807, 2.05) is 13.1 Å². The molecule has 2 unspecified atom stereocenters. The zero-order chi connectivity index (χ0) is 13.7. The van der Waals surface area contributed by atoms with Crippen molar-refractivity contribution < 1.29 is 9.47 Å². The topological polar surface area (TPSA) is 30.5 Å². The van der Waals surface area contributed by atoms with Crippen LogP contribution in [0.15, 0.2) is 12.1 Å². The Morgan fingerprint density at radius 3 is 2.17 bits per heavy atom. The molecule has 1 rings (SSSR count). The molecule has 0 aromatic heterocycles. The fourth-order valence-corrected chi connectivity index (χ4v) is 2.31. The van der Waals surface area contributed by atoms with Gasteiger partial charge in [0.1, 0.15) is 0 Å². The molecule has 2 atom stereocenters. The lowest BCUT2D eigenvalue weighted by atomic mass is 9.89. The van der Waals surface area contributed by atoms with E-state index in [1.54, 1.807) is 14.2 Å². The van der Waals surface area contributed by atoms with Gasteiger partial charge in [0.2, 0.25) is 0 Å². The molecule has 0 heterocycles. The minimum atomic E-state index is 0.342. The number of benzene rings is 1. The van der Waals surface area contributed by atoms with Crippen LogP contribution in [0.5, 0.6) is 11.5 Å². The van der Waals surface area contributed by atoms with E-state index in [4.69, 9.17) is 9.47 Å². The average Bonchev–Trinajstić information content (AvgIpc) is 2.40. The molecule has 1 N–H and O–H groups in total. The first kappa shape index (κ1) is 14.8. The first-order valence-corrected chi connectivity index (χ1v) is 6.48. The molecule has 1 aromatic carbocycles. The number of hydrogen-bond donors (Lipinski definition) is 1. The lowest BCUT2D eigenvalue weighted by Gasteiger charge is -2.25. The SMILES string of the molecule is CCC(C)C(NC)c1cc(OC)c(OC)cc1C. The molecule has 0 radical (unpaired) electrons. The summed E-state index contributed by atoms with van der Waals surface area (Å²) in [5.41, 5.74) is 2.51. The van der Waals surface area contributed by atoms with Gasteiger partial charge in [-0.05, 0) is 43.1 Å². The molecule has 0 saturated carbocycles. The normalized spacial score (nSPS) is 14.1. The number of ether oxygens (including phenoxy) is 2. The highest BCUT2D eigenvalue weighted by Crippen LogP contribution is 2.35. The molecule has 3 heteroatoms. The van der Waals surface area contributed by atoms with E-state index in [2.05, 4.69) is 32.2 Å². The molecular formula is C15H25NO2. The van der Waals surface area contributed by atoms with Crippen LogP contribution in [0.3, 0.4) is 0 Å². The molecule has 0 bridgehead atoms. The molecular weight excluding hydrogens is 226 g/mol. The van der Waals surface area contributed by atoms with Crippen LogP contribution in [-0.4, -0.2) is 21.3 Å². The van der Waals surface area contributed by atoms with Crippen LogP contribution in [0.4, 0.5) is 0 Å². The summed E-state index contributed by atoms with van der Waals surface area (Å²) in [6, 6.07) is 4.47. The summed E-state index contributed by atoms with van der Waals surface area (Å²) in [4.78, 5) is 0. The van der Waals surface area contributed by atoms with Crippen molar-refractivity contribution in [1.29, 1.82) is 0 Å². The van der Waals surface area contributed by atoms with E-state index in [0.29, 0.717) is 12.0 Å². The second-order valence-corrected chi connectivity index (χ2v) is 4.72. The molecule has 0 aliphatic rings. The van der Waals surface area contributed by atoms with Crippen LogP contribution in [-0.2, 0) is 0 Å². The first-order valence-electron chi connectivity index (χ1n) is 6.48. The van der Waals surface area contributed by atoms with E-state index in [-0.39, 0.29) is 0 Å². The summed E-state index contributed by atoms with van der Waals surface area (Å²) in [6.07, 6.45) is 1.14. The summed E-state index contributed by atoms with van der Waals surface area (Å²) >= 11 is 0. The van der Waals surface area contributed by atoms with Crippen molar-refractivity contribution in [3.63, 3.8) is 0 Å². The Bertz CT molecular complexity index is 390. The second-order valence-electron chi connectivity index (χ2n) is 4.72. The van der Waals surface area contributed by atoms with Crippen molar-refractivity contribution in [2.45, 2.75) is 33.2 Å². The van der Waals surface area contributed by atoms with Crippen LogP contribution < -0.4 is 14.8 Å². The minimum absolute atomic E-state index is 0.342. The predicted molar refractivity (Wildman–Crippen MR) is 75.5 cm³/mol. The fourth-order valence-electron chi connectivity index (χ4n) is 2.31. The van der Waals surface area contributed by atoms with Gasteiger partial charge in [-0.25, -0.2) is 0 Å². The number of nitrogens with one attached hydrogen (secondary N) is 1. The lowest BCUT2D eigenvalue weighted by Crippen LogP contribution is -2.24. The second kappa shape index (κ2) is 6.64. The van der Waals surface area contributed by atoms with E-state index in [1.165, 1.54) is 11.1 Å². The molecule has 0 amide bonds. The number of methoxy groups -OCH3 is 2. The molecule has 3 nitrogen and oxygen atoms in total. The van der Waals surface area contributed by atoms with Gasteiger partial charge in [-0.3, -0.25) is 0 Å². The molecule has 0 fully saturated rings. The van der Waals surface area contributed by atoms with Crippen molar-refractivity contribution in [3.8, 4) is 11.5 Å². The van der Waals surface area contributed by atoms with Crippen LogP contribution in [0, 0.1) is 12.8 Å². The van der Waals surface area contributed by atoms with Crippen LogP contribution in [0.25, 0.3) is 0 Å². The molecule has 102 valence electrons. The first-order chi connectivity index (χ1) is 8.58. The smallest absolute Gasteiger partial charge is 0.161 e. The van der Waals surface area contributed by atoms with E-state index in [9.17, 15) is 0 Å². The summed E-state index contributed by atoms with van der Waals surface area (Å²) in [5, 5.41) is 3.40. The van der Waals surface area contributed by atoms with Crippen LogP contribution in [0.1, 0.15) is 37.4 Å². The zero-order valence-corrected chi connectivity index (χ0v) is 12.3. The quantitative estimate of drug-likeness (QED) is 0.841. The van der Waals surface area contributed by atoms with Crippen molar-refractivity contribution >= 4 is 0 Å². The van der Waals surface area contributed by atoms with Crippen molar-refractivity contribution in [2.75, 3.05) is 21.3 Å². The van der Waals surface area contributed by atoms with Crippen LogP contribution in [0.2, 0.25) is 0 Å². The standard InChI is InChI=1S/C15H25NO2/c1-7-10(2)15(16-4)12-9-14(18-6)13(17-5)8-11(12)3/h8-10,15-16H,7H2,1-6H3. The monoisotopic (exact) mass is 251 g/mol. The van der Waals surface area contributed by atoms with Gasteiger partial charge < -0.3 is 14.8 Å². The Morgan fingerprint density at radius 1 is 1.17 bits per heavy atom. The largest absolute Gasteiger partial charge is 0.493 e. The molecule has 0 spiro atoms. The lowest BCUT2D eigenvalue weighted by molar-refractivity contribution is 0.350. The summed E-state index contributed by atoms with van der Waals surface area (Å²) in [6.45, 7) is 6.59. The maximum Gasteiger partial charge on any atom is 0.161 e.